The fourth-order valence-corrected chi connectivity index (χ4v) is 2.74. The van der Waals surface area contributed by atoms with Crippen LogP contribution in [0.1, 0.15) is 30.0 Å². The Hall–Kier alpha value is -0.980. The molecule has 20 heavy (non-hydrogen) atoms. The molecule has 1 aliphatic heterocycles. The topological polar surface area (TPSA) is 60.5 Å². The third-order valence-electron chi connectivity index (χ3n) is 3.17. The summed E-state index contributed by atoms with van der Waals surface area (Å²) in [6.07, 6.45) is 3.60. The van der Waals surface area contributed by atoms with E-state index in [0.717, 1.165) is 36.6 Å². The maximum atomic E-state index is 11.6. The van der Waals surface area contributed by atoms with Gasteiger partial charge in [-0.3, -0.25) is 4.79 Å². The van der Waals surface area contributed by atoms with E-state index >= 15 is 0 Å². The van der Waals surface area contributed by atoms with E-state index < -0.39 is 0 Å². The number of rotatable bonds is 8. The highest BCUT2D eigenvalue weighted by Gasteiger charge is 2.15. The van der Waals surface area contributed by atoms with Crippen LogP contribution >= 0.6 is 11.3 Å². The van der Waals surface area contributed by atoms with Crippen molar-refractivity contribution in [2.75, 3.05) is 26.4 Å². The Bertz CT molecular complexity index is 416. The van der Waals surface area contributed by atoms with Gasteiger partial charge in [-0.15, -0.1) is 11.3 Å². The van der Waals surface area contributed by atoms with E-state index in [1.807, 2.05) is 12.3 Å². The molecule has 1 aromatic heterocycles. The van der Waals surface area contributed by atoms with E-state index in [0.29, 0.717) is 26.2 Å². The van der Waals surface area contributed by atoms with Crippen molar-refractivity contribution in [3.05, 3.63) is 16.1 Å². The van der Waals surface area contributed by atoms with Crippen LogP contribution in [0, 0.1) is 6.92 Å². The number of hydrogen-bond acceptors (Lipinski definition) is 5. The van der Waals surface area contributed by atoms with Crippen LogP contribution in [0.25, 0.3) is 0 Å². The van der Waals surface area contributed by atoms with Crippen LogP contribution in [0.4, 0.5) is 0 Å². The van der Waals surface area contributed by atoms with E-state index in [4.69, 9.17) is 9.47 Å². The lowest BCUT2D eigenvalue weighted by Crippen LogP contribution is -2.27. The van der Waals surface area contributed by atoms with Crippen LogP contribution in [0.15, 0.2) is 5.38 Å². The fraction of sp³-hybridized carbons (Fsp3) is 0.714. The normalized spacial score (nSPS) is 18.4. The monoisotopic (exact) mass is 298 g/mol. The molecule has 5 nitrogen and oxygen atoms in total. The minimum absolute atomic E-state index is 0.0318. The van der Waals surface area contributed by atoms with Gasteiger partial charge in [-0.25, -0.2) is 4.98 Å². The van der Waals surface area contributed by atoms with Gasteiger partial charge in [0.1, 0.15) is 0 Å². The molecule has 0 saturated carbocycles. The zero-order valence-corrected chi connectivity index (χ0v) is 12.7. The molecule has 112 valence electrons. The molecule has 0 radical (unpaired) electrons. The lowest BCUT2D eigenvalue weighted by atomic mass is 10.2. The SMILES string of the molecule is Cc1nc(CCNC(=O)CCOCC2CCCO2)cs1. The zero-order valence-electron chi connectivity index (χ0n) is 11.9. The van der Waals surface area contributed by atoms with Gasteiger partial charge in [0.15, 0.2) is 0 Å². The molecule has 0 bridgehead atoms. The van der Waals surface area contributed by atoms with E-state index in [1.165, 1.54) is 0 Å². The first-order valence-electron chi connectivity index (χ1n) is 7.11. The number of ether oxygens (including phenoxy) is 2. The Morgan fingerprint density at radius 2 is 2.55 bits per heavy atom. The van der Waals surface area contributed by atoms with Crippen LogP contribution in [-0.4, -0.2) is 43.4 Å². The lowest BCUT2D eigenvalue weighted by Gasteiger charge is -2.10. The summed E-state index contributed by atoms with van der Waals surface area (Å²) >= 11 is 1.64. The number of nitrogens with zero attached hydrogens (tertiary/aromatic N) is 1. The van der Waals surface area contributed by atoms with Gasteiger partial charge in [-0.1, -0.05) is 0 Å². The second-order valence-corrected chi connectivity index (χ2v) is 5.98. The third-order valence-corrected chi connectivity index (χ3v) is 3.99. The number of amides is 1. The average Bonchev–Trinajstić information content (AvgIpc) is 3.06. The van der Waals surface area contributed by atoms with Crippen molar-refractivity contribution >= 4 is 17.2 Å². The van der Waals surface area contributed by atoms with Crippen molar-refractivity contribution in [3.8, 4) is 0 Å². The smallest absolute Gasteiger partial charge is 0.222 e. The van der Waals surface area contributed by atoms with E-state index in [9.17, 15) is 4.79 Å². The number of thiazole rings is 1. The summed E-state index contributed by atoms with van der Waals surface area (Å²) in [5.41, 5.74) is 1.04. The molecule has 1 saturated heterocycles. The van der Waals surface area contributed by atoms with Crippen molar-refractivity contribution in [3.63, 3.8) is 0 Å². The highest BCUT2D eigenvalue weighted by atomic mass is 32.1. The van der Waals surface area contributed by atoms with Crippen molar-refractivity contribution in [2.24, 2.45) is 0 Å². The summed E-state index contributed by atoms with van der Waals surface area (Å²) in [5, 5.41) is 5.98. The van der Waals surface area contributed by atoms with Crippen molar-refractivity contribution in [1.29, 1.82) is 0 Å². The molecule has 1 N–H and O–H groups in total. The molecule has 6 heteroatoms. The van der Waals surface area contributed by atoms with Gasteiger partial charge in [-0.05, 0) is 19.8 Å². The zero-order chi connectivity index (χ0) is 14.2. The second kappa shape index (κ2) is 8.34. The number of aromatic nitrogens is 1. The van der Waals surface area contributed by atoms with E-state index in [1.54, 1.807) is 11.3 Å². The van der Waals surface area contributed by atoms with Gasteiger partial charge in [0.05, 0.1) is 30.0 Å². The fourth-order valence-electron chi connectivity index (χ4n) is 2.10. The van der Waals surface area contributed by atoms with E-state index in [-0.39, 0.29) is 12.0 Å². The molecule has 0 spiro atoms. The Morgan fingerprint density at radius 1 is 1.65 bits per heavy atom. The van der Waals surface area contributed by atoms with Gasteiger partial charge >= 0.3 is 0 Å². The van der Waals surface area contributed by atoms with Crippen LogP contribution in [0.5, 0.6) is 0 Å². The first kappa shape index (κ1) is 15.4. The quantitative estimate of drug-likeness (QED) is 0.742. The molecule has 1 unspecified atom stereocenters. The third kappa shape index (κ3) is 5.56. The molecular formula is C14H22N2O3S. The van der Waals surface area contributed by atoms with Gasteiger partial charge < -0.3 is 14.8 Å². The molecule has 0 aromatic carbocycles. The molecule has 1 fully saturated rings. The summed E-state index contributed by atoms with van der Waals surface area (Å²) < 4.78 is 10.9. The number of aryl methyl sites for hydroxylation is 1. The average molecular weight is 298 g/mol. The van der Waals surface area contributed by atoms with Gasteiger partial charge in [0.2, 0.25) is 5.91 Å². The largest absolute Gasteiger partial charge is 0.378 e. The molecule has 0 aliphatic carbocycles. The molecule has 1 amide bonds. The summed E-state index contributed by atoms with van der Waals surface area (Å²) in [6.45, 7) is 4.52. The van der Waals surface area contributed by atoms with Crippen molar-refractivity contribution < 1.29 is 14.3 Å². The van der Waals surface area contributed by atoms with Gasteiger partial charge in [0, 0.05) is 31.4 Å². The van der Waals surface area contributed by atoms with Crippen LogP contribution in [-0.2, 0) is 20.7 Å². The van der Waals surface area contributed by atoms with Gasteiger partial charge in [-0.2, -0.15) is 0 Å². The molecule has 1 aromatic rings. The number of carbonyl (C=O) groups is 1. The van der Waals surface area contributed by atoms with Crippen molar-refractivity contribution in [1.82, 2.24) is 10.3 Å². The highest BCUT2D eigenvalue weighted by molar-refractivity contribution is 7.09. The molecule has 2 heterocycles. The van der Waals surface area contributed by atoms with Crippen LogP contribution in [0.2, 0.25) is 0 Å². The Balaban J connectivity index is 1.47. The first-order chi connectivity index (χ1) is 9.74. The minimum atomic E-state index is 0.0318. The van der Waals surface area contributed by atoms with Crippen molar-refractivity contribution in [2.45, 2.75) is 38.7 Å². The predicted molar refractivity (Wildman–Crippen MR) is 78.0 cm³/mol. The number of carbonyl (C=O) groups excluding carboxylic acids is 1. The predicted octanol–water partition coefficient (Wildman–Crippen LogP) is 1.70. The second-order valence-electron chi connectivity index (χ2n) is 4.92. The maximum absolute atomic E-state index is 11.6. The maximum Gasteiger partial charge on any atom is 0.222 e. The van der Waals surface area contributed by atoms with E-state index in [2.05, 4.69) is 10.3 Å². The minimum Gasteiger partial charge on any atom is -0.378 e. The summed E-state index contributed by atoms with van der Waals surface area (Å²) in [6, 6.07) is 0. The highest BCUT2D eigenvalue weighted by Crippen LogP contribution is 2.11. The van der Waals surface area contributed by atoms with Crippen LogP contribution in [0.3, 0.4) is 0 Å². The summed E-state index contributed by atoms with van der Waals surface area (Å²) in [7, 11) is 0. The molecule has 1 aliphatic rings. The Morgan fingerprint density at radius 3 is 3.25 bits per heavy atom. The molecular weight excluding hydrogens is 276 g/mol. The van der Waals surface area contributed by atoms with Crippen LogP contribution < -0.4 is 5.32 Å². The first-order valence-corrected chi connectivity index (χ1v) is 7.99. The van der Waals surface area contributed by atoms with Gasteiger partial charge in [0.25, 0.3) is 0 Å². The summed E-state index contributed by atoms with van der Waals surface area (Å²) in [5.74, 6) is 0.0318. The molecule has 2 rings (SSSR count). The summed E-state index contributed by atoms with van der Waals surface area (Å²) in [4.78, 5) is 16.0. The Kier molecular flexibility index (Phi) is 6.42. The number of nitrogens with one attached hydrogen (secondary N) is 1. The Labute approximate surface area is 123 Å². The number of hydrogen-bond donors (Lipinski definition) is 1. The lowest BCUT2D eigenvalue weighted by molar-refractivity contribution is -0.122. The molecule has 1 atom stereocenters. The standard InChI is InChI=1S/C14H22N2O3S/c1-11-16-12(10-20-11)4-6-15-14(17)5-8-18-9-13-3-2-7-19-13/h10,13H,2-9H2,1H3,(H,15,17).